The van der Waals surface area contributed by atoms with Crippen molar-refractivity contribution in [2.45, 2.75) is 30.8 Å². The third-order valence-electron chi connectivity index (χ3n) is 4.43. The number of aromatic nitrogens is 1. The highest BCUT2D eigenvalue weighted by Gasteiger charge is 2.31. The minimum absolute atomic E-state index is 0.000714. The van der Waals surface area contributed by atoms with Gasteiger partial charge in [0.25, 0.3) is 5.91 Å². The summed E-state index contributed by atoms with van der Waals surface area (Å²) in [5, 5.41) is 0. The van der Waals surface area contributed by atoms with E-state index in [0.29, 0.717) is 38.5 Å². The summed E-state index contributed by atoms with van der Waals surface area (Å²) < 4.78 is 33.8. The molecule has 23 heavy (non-hydrogen) atoms. The van der Waals surface area contributed by atoms with Crippen LogP contribution >= 0.6 is 0 Å². The van der Waals surface area contributed by atoms with Crippen molar-refractivity contribution in [2.75, 3.05) is 32.8 Å². The van der Waals surface area contributed by atoms with Gasteiger partial charge in [0, 0.05) is 39.4 Å². The van der Waals surface area contributed by atoms with Gasteiger partial charge in [0.15, 0.2) is 0 Å². The van der Waals surface area contributed by atoms with Gasteiger partial charge >= 0.3 is 0 Å². The highest BCUT2D eigenvalue weighted by Crippen LogP contribution is 2.23. The summed E-state index contributed by atoms with van der Waals surface area (Å²) >= 11 is 0. The molecule has 2 aliphatic heterocycles. The highest BCUT2D eigenvalue weighted by atomic mass is 32.2. The van der Waals surface area contributed by atoms with Crippen LogP contribution in [-0.2, 0) is 21.8 Å². The molecule has 1 aromatic rings. The second-order valence-electron chi connectivity index (χ2n) is 6.22. The lowest BCUT2D eigenvalue weighted by molar-refractivity contribution is -0.0127. The summed E-state index contributed by atoms with van der Waals surface area (Å²) in [7, 11) is -1.79. The Labute approximate surface area is 136 Å². The van der Waals surface area contributed by atoms with E-state index in [2.05, 4.69) is 0 Å². The molecule has 2 fully saturated rings. The highest BCUT2D eigenvalue weighted by molar-refractivity contribution is 7.89. The Morgan fingerprint density at radius 1 is 1.26 bits per heavy atom. The molecule has 0 spiro atoms. The maximum atomic E-state index is 12.7. The monoisotopic (exact) mass is 341 g/mol. The SMILES string of the molecule is C[C@H]1CN(C(=O)c2cc(S(=O)(=O)N3CCCC3)cn2C)CCO1. The zero-order valence-corrected chi connectivity index (χ0v) is 14.4. The van der Waals surface area contributed by atoms with Crippen molar-refractivity contribution in [3.63, 3.8) is 0 Å². The molecule has 0 aromatic carbocycles. The maximum Gasteiger partial charge on any atom is 0.270 e. The normalized spacial score (nSPS) is 23.4. The quantitative estimate of drug-likeness (QED) is 0.810. The molecule has 3 rings (SSSR count). The second kappa shape index (κ2) is 6.26. The lowest BCUT2D eigenvalue weighted by Gasteiger charge is -2.31. The van der Waals surface area contributed by atoms with Crippen LogP contribution in [0.5, 0.6) is 0 Å². The second-order valence-corrected chi connectivity index (χ2v) is 8.15. The Morgan fingerprint density at radius 2 is 1.96 bits per heavy atom. The molecule has 1 atom stereocenters. The van der Waals surface area contributed by atoms with Crippen LogP contribution in [0.2, 0.25) is 0 Å². The Hall–Kier alpha value is -1.38. The van der Waals surface area contributed by atoms with Gasteiger partial charge in [0.05, 0.1) is 12.7 Å². The predicted molar refractivity (Wildman–Crippen MR) is 84.7 cm³/mol. The molecular weight excluding hydrogens is 318 g/mol. The minimum atomic E-state index is -3.50. The van der Waals surface area contributed by atoms with E-state index in [0.717, 1.165) is 12.8 Å². The number of hydrogen-bond acceptors (Lipinski definition) is 4. The average Bonchev–Trinajstić information content (AvgIpc) is 3.16. The van der Waals surface area contributed by atoms with Crippen molar-refractivity contribution in [2.24, 2.45) is 7.05 Å². The van der Waals surface area contributed by atoms with E-state index in [1.165, 1.54) is 16.6 Å². The fourth-order valence-electron chi connectivity index (χ4n) is 3.13. The lowest BCUT2D eigenvalue weighted by Crippen LogP contribution is -2.45. The number of aryl methyl sites for hydroxylation is 1. The molecular formula is C15H23N3O4S. The molecule has 3 heterocycles. The number of carbonyl (C=O) groups is 1. The van der Waals surface area contributed by atoms with E-state index in [1.807, 2.05) is 6.92 Å². The van der Waals surface area contributed by atoms with Gasteiger partial charge in [-0.25, -0.2) is 8.42 Å². The molecule has 8 heteroatoms. The summed E-state index contributed by atoms with van der Waals surface area (Å²) in [4.78, 5) is 14.6. The first-order chi connectivity index (χ1) is 10.9. The Balaban J connectivity index is 1.84. The zero-order valence-electron chi connectivity index (χ0n) is 13.6. The van der Waals surface area contributed by atoms with E-state index in [-0.39, 0.29) is 16.9 Å². The number of sulfonamides is 1. The van der Waals surface area contributed by atoms with Crippen molar-refractivity contribution in [1.82, 2.24) is 13.8 Å². The molecule has 0 bridgehead atoms. The summed E-state index contributed by atoms with van der Waals surface area (Å²) in [5.74, 6) is -0.148. The molecule has 1 amide bonds. The standard InChI is InChI=1S/C15H23N3O4S/c1-12-10-17(7-8-22-12)15(19)14-9-13(11-16(14)2)23(20,21)18-5-3-4-6-18/h9,11-12H,3-8,10H2,1-2H3/t12-/m0/s1. The summed E-state index contributed by atoms with van der Waals surface area (Å²) in [6.07, 6.45) is 3.32. The van der Waals surface area contributed by atoms with Crippen LogP contribution in [-0.4, -0.2) is 67.0 Å². The average molecular weight is 341 g/mol. The van der Waals surface area contributed by atoms with Gasteiger partial charge in [-0.15, -0.1) is 0 Å². The van der Waals surface area contributed by atoms with Gasteiger partial charge in [0.2, 0.25) is 10.0 Å². The molecule has 2 aliphatic rings. The van der Waals surface area contributed by atoms with Crippen LogP contribution in [0.15, 0.2) is 17.2 Å². The largest absolute Gasteiger partial charge is 0.375 e. The van der Waals surface area contributed by atoms with Crippen LogP contribution in [0.1, 0.15) is 30.3 Å². The summed E-state index contributed by atoms with van der Waals surface area (Å²) in [6.45, 7) is 4.60. The number of carbonyl (C=O) groups excluding carboxylic acids is 1. The van der Waals surface area contributed by atoms with Gasteiger partial charge in [-0.1, -0.05) is 0 Å². The van der Waals surface area contributed by atoms with Crippen LogP contribution in [0, 0.1) is 0 Å². The van der Waals surface area contributed by atoms with Crippen molar-refractivity contribution >= 4 is 15.9 Å². The number of hydrogen-bond donors (Lipinski definition) is 0. The number of rotatable bonds is 3. The first-order valence-corrected chi connectivity index (χ1v) is 9.41. The van der Waals surface area contributed by atoms with Gasteiger partial charge < -0.3 is 14.2 Å². The van der Waals surface area contributed by atoms with Crippen LogP contribution in [0.3, 0.4) is 0 Å². The van der Waals surface area contributed by atoms with Gasteiger partial charge in [-0.3, -0.25) is 4.79 Å². The van der Waals surface area contributed by atoms with E-state index in [9.17, 15) is 13.2 Å². The van der Waals surface area contributed by atoms with Gasteiger partial charge in [-0.2, -0.15) is 4.31 Å². The number of nitrogens with zero attached hydrogens (tertiary/aromatic N) is 3. The minimum Gasteiger partial charge on any atom is -0.375 e. The van der Waals surface area contributed by atoms with Crippen molar-refractivity contribution in [3.05, 3.63) is 18.0 Å². The molecule has 0 aliphatic carbocycles. The number of amides is 1. The number of ether oxygens (including phenoxy) is 1. The Kier molecular flexibility index (Phi) is 4.48. The molecule has 7 nitrogen and oxygen atoms in total. The smallest absolute Gasteiger partial charge is 0.270 e. The summed E-state index contributed by atoms with van der Waals surface area (Å²) in [6, 6.07) is 1.50. The Bertz CT molecular complexity index is 692. The van der Waals surface area contributed by atoms with Crippen molar-refractivity contribution < 1.29 is 17.9 Å². The van der Waals surface area contributed by atoms with E-state index in [1.54, 1.807) is 16.5 Å². The summed E-state index contributed by atoms with van der Waals surface area (Å²) in [5.41, 5.74) is 0.400. The fraction of sp³-hybridized carbons (Fsp3) is 0.667. The van der Waals surface area contributed by atoms with Crippen LogP contribution in [0.4, 0.5) is 0 Å². The maximum absolute atomic E-state index is 12.7. The molecule has 0 radical (unpaired) electrons. The predicted octanol–water partition coefficient (Wildman–Crippen LogP) is 0.671. The van der Waals surface area contributed by atoms with Crippen molar-refractivity contribution in [3.8, 4) is 0 Å². The molecule has 128 valence electrons. The third kappa shape index (κ3) is 3.15. The molecule has 0 N–H and O–H groups in total. The van der Waals surface area contributed by atoms with Gasteiger partial charge in [0.1, 0.15) is 10.6 Å². The zero-order chi connectivity index (χ0) is 16.6. The first kappa shape index (κ1) is 16.5. The lowest BCUT2D eigenvalue weighted by atomic mass is 10.2. The molecule has 2 saturated heterocycles. The van der Waals surface area contributed by atoms with Crippen molar-refractivity contribution in [1.29, 1.82) is 0 Å². The van der Waals surface area contributed by atoms with Crippen LogP contribution < -0.4 is 0 Å². The van der Waals surface area contributed by atoms with E-state index >= 15 is 0 Å². The molecule has 0 unspecified atom stereocenters. The van der Waals surface area contributed by atoms with E-state index in [4.69, 9.17) is 4.74 Å². The topological polar surface area (TPSA) is 71.9 Å². The van der Waals surface area contributed by atoms with Crippen LogP contribution in [0.25, 0.3) is 0 Å². The fourth-order valence-corrected chi connectivity index (χ4v) is 4.72. The van der Waals surface area contributed by atoms with E-state index < -0.39 is 10.0 Å². The third-order valence-corrected chi connectivity index (χ3v) is 6.29. The first-order valence-electron chi connectivity index (χ1n) is 7.97. The Morgan fingerprint density at radius 3 is 2.61 bits per heavy atom. The molecule has 1 aromatic heterocycles. The van der Waals surface area contributed by atoms with Gasteiger partial charge in [-0.05, 0) is 25.8 Å². The molecule has 0 saturated carbocycles. The number of morpholine rings is 1.